The van der Waals surface area contributed by atoms with E-state index in [1.54, 1.807) is 12.4 Å². The number of aromatic amines is 1. The Bertz CT molecular complexity index is 923. The lowest BCUT2D eigenvalue weighted by molar-refractivity contribution is 0.163. The number of hydrogen-bond donors (Lipinski definition) is 2. The van der Waals surface area contributed by atoms with Gasteiger partial charge >= 0.3 is 0 Å². The molecule has 6 nitrogen and oxygen atoms in total. The zero-order valence-corrected chi connectivity index (χ0v) is 13.9. The highest BCUT2D eigenvalue weighted by Crippen LogP contribution is 2.36. The maximum absolute atomic E-state index is 9.43. The quantitative estimate of drug-likeness (QED) is 0.723. The molecule has 3 aromatic rings. The molecule has 3 aromatic heterocycles. The average molecular weight is 372 g/mol. The number of fused-ring (bicyclic) bond motifs is 3. The van der Waals surface area contributed by atoms with Gasteiger partial charge in [-0.15, -0.1) is 0 Å². The summed E-state index contributed by atoms with van der Waals surface area (Å²) in [4.78, 5) is 11.9. The summed E-state index contributed by atoms with van der Waals surface area (Å²) in [5, 5.41) is 14.5. The molecule has 0 atom stereocenters. The third kappa shape index (κ3) is 2.54. The maximum Gasteiger partial charge on any atom is 0.183 e. The lowest BCUT2D eigenvalue weighted by atomic mass is 10.1. The minimum Gasteiger partial charge on any atom is -0.487 e. The molecule has 0 unspecified atom stereocenters. The highest BCUT2D eigenvalue weighted by molar-refractivity contribution is 9.10. The van der Waals surface area contributed by atoms with Crippen molar-refractivity contribution in [3.05, 3.63) is 28.6 Å². The molecule has 0 aromatic carbocycles. The average Bonchev–Trinajstić information content (AvgIpc) is 2.94. The van der Waals surface area contributed by atoms with Gasteiger partial charge in [-0.25, -0.2) is 9.97 Å². The number of nitriles is 1. The van der Waals surface area contributed by atoms with Crippen molar-refractivity contribution in [2.75, 3.05) is 13.1 Å². The Balaban J connectivity index is 1.93. The van der Waals surface area contributed by atoms with Gasteiger partial charge in [0.15, 0.2) is 11.4 Å². The predicted octanol–water partition coefficient (Wildman–Crippen LogP) is 2.88. The highest BCUT2D eigenvalue weighted by Gasteiger charge is 2.21. The predicted molar refractivity (Wildman–Crippen MR) is 90.3 cm³/mol. The number of nitrogens with zero attached hydrogens (tertiary/aromatic N) is 3. The van der Waals surface area contributed by atoms with E-state index in [4.69, 9.17) is 4.74 Å². The summed E-state index contributed by atoms with van der Waals surface area (Å²) < 4.78 is 7.09. The molecule has 2 N–H and O–H groups in total. The minimum atomic E-state index is 0.0980. The normalized spacial score (nSPS) is 15.8. The molecule has 7 heteroatoms. The molecule has 1 saturated heterocycles. The maximum atomic E-state index is 9.43. The van der Waals surface area contributed by atoms with Crippen LogP contribution in [-0.4, -0.2) is 34.1 Å². The first-order valence-corrected chi connectivity index (χ1v) is 8.29. The summed E-state index contributed by atoms with van der Waals surface area (Å²) in [6.45, 7) is 1.86. The van der Waals surface area contributed by atoms with Crippen LogP contribution in [0.25, 0.3) is 21.9 Å². The van der Waals surface area contributed by atoms with Gasteiger partial charge in [0.25, 0.3) is 0 Å². The largest absolute Gasteiger partial charge is 0.487 e. The molecule has 116 valence electrons. The summed E-state index contributed by atoms with van der Waals surface area (Å²) >= 11 is 3.46. The van der Waals surface area contributed by atoms with Crippen LogP contribution in [0, 0.1) is 11.3 Å². The fourth-order valence-electron chi connectivity index (χ4n) is 2.99. The van der Waals surface area contributed by atoms with Gasteiger partial charge in [0.1, 0.15) is 17.8 Å². The molecule has 0 bridgehead atoms. The van der Waals surface area contributed by atoms with Crippen LogP contribution in [0.3, 0.4) is 0 Å². The second-order valence-corrected chi connectivity index (χ2v) is 6.49. The van der Waals surface area contributed by atoms with E-state index in [2.05, 4.69) is 42.3 Å². The van der Waals surface area contributed by atoms with Gasteiger partial charge in [0.05, 0.1) is 17.1 Å². The van der Waals surface area contributed by atoms with Crippen LogP contribution >= 0.6 is 15.9 Å². The van der Waals surface area contributed by atoms with Gasteiger partial charge < -0.3 is 15.0 Å². The van der Waals surface area contributed by atoms with Crippen molar-refractivity contribution < 1.29 is 4.74 Å². The van der Waals surface area contributed by atoms with Crippen molar-refractivity contribution in [3.8, 4) is 11.8 Å². The van der Waals surface area contributed by atoms with E-state index in [1.807, 2.05) is 6.07 Å². The first kappa shape index (κ1) is 14.4. The van der Waals surface area contributed by atoms with Crippen molar-refractivity contribution in [3.63, 3.8) is 0 Å². The summed E-state index contributed by atoms with van der Waals surface area (Å²) in [5.74, 6) is 0.558. The number of rotatable bonds is 2. The van der Waals surface area contributed by atoms with Crippen molar-refractivity contribution in [2.45, 2.75) is 18.9 Å². The standard InChI is InChI=1S/C16H14BrN5O/c17-9-5-11-14-13(22-16(11)21-7-9)8-20-12(6-18)15(14)23-10-1-3-19-4-2-10/h5,7-8,10,19H,1-4H2,(H,21,22). The second kappa shape index (κ2) is 5.80. The SMILES string of the molecule is N#Cc1ncc2[nH]c3ncc(Br)cc3c2c1OC1CCNCC1. The summed E-state index contributed by atoms with van der Waals surface area (Å²) in [6, 6.07) is 4.13. The molecule has 23 heavy (non-hydrogen) atoms. The number of piperidine rings is 1. The Kier molecular flexibility index (Phi) is 3.63. The molecular weight excluding hydrogens is 358 g/mol. The monoisotopic (exact) mass is 371 g/mol. The van der Waals surface area contributed by atoms with Crippen molar-refractivity contribution in [2.24, 2.45) is 0 Å². The van der Waals surface area contributed by atoms with E-state index in [0.29, 0.717) is 11.4 Å². The van der Waals surface area contributed by atoms with Gasteiger partial charge in [-0.3, -0.25) is 0 Å². The number of hydrogen-bond acceptors (Lipinski definition) is 5. The number of H-pyrrole nitrogens is 1. The number of pyridine rings is 2. The summed E-state index contributed by atoms with van der Waals surface area (Å²) in [5.41, 5.74) is 1.90. The van der Waals surface area contributed by atoms with Crippen LogP contribution in [0.1, 0.15) is 18.5 Å². The first-order valence-electron chi connectivity index (χ1n) is 7.49. The molecule has 1 aliphatic rings. The van der Waals surface area contributed by atoms with E-state index in [-0.39, 0.29) is 6.10 Å². The minimum absolute atomic E-state index is 0.0980. The molecule has 0 spiro atoms. The Morgan fingerprint density at radius 2 is 2.09 bits per heavy atom. The molecule has 1 aliphatic heterocycles. The van der Waals surface area contributed by atoms with Gasteiger partial charge in [-0.1, -0.05) is 0 Å². The third-order valence-corrected chi connectivity index (χ3v) is 4.52. The fourth-order valence-corrected chi connectivity index (χ4v) is 3.32. The van der Waals surface area contributed by atoms with E-state index in [9.17, 15) is 5.26 Å². The van der Waals surface area contributed by atoms with Gasteiger partial charge in [0, 0.05) is 16.1 Å². The molecule has 0 saturated carbocycles. The fraction of sp³-hybridized carbons (Fsp3) is 0.312. The van der Waals surface area contributed by atoms with Crippen LogP contribution in [0.4, 0.5) is 0 Å². The van der Waals surface area contributed by atoms with Crippen molar-refractivity contribution in [1.29, 1.82) is 5.26 Å². The molecule has 1 fully saturated rings. The van der Waals surface area contributed by atoms with Gasteiger partial charge in [-0.2, -0.15) is 5.26 Å². The summed E-state index contributed by atoms with van der Waals surface area (Å²) in [7, 11) is 0. The van der Waals surface area contributed by atoms with E-state index in [1.165, 1.54) is 0 Å². The molecule has 0 aliphatic carbocycles. The number of halogens is 1. The third-order valence-electron chi connectivity index (χ3n) is 4.09. The Morgan fingerprint density at radius 1 is 1.26 bits per heavy atom. The Hall–Kier alpha value is -2.17. The molecular formula is C16H14BrN5O. The highest BCUT2D eigenvalue weighted by atomic mass is 79.9. The first-order chi connectivity index (χ1) is 11.3. The zero-order valence-electron chi connectivity index (χ0n) is 12.3. The van der Waals surface area contributed by atoms with Gasteiger partial charge in [0.2, 0.25) is 0 Å². The van der Waals surface area contributed by atoms with Crippen molar-refractivity contribution in [1.82, 2.24) is 20.3 Å². The second-order valence-electron chi connectivity index (χ2n) is 5.58. The number of ether oxygens (including phenoxy) is 1. The smallest absolute Gasteiger partial charge is 0.183 e. The Morgan fingerprint density at radius 3 is 2.87 bits per heavy atom. The summed E-state index contributed by atoms with van der Waals surface area (Å²) in [6.07, 6.45) is 5.35. The van der Waals surface area contributed by atoms with Crippen LogP contribution in [0.5, 0.6) is 5.75 Å². The lowest BCUT2D eigenvalue weighted by Crippen LogP contribution is -2.34. The molecule has 0 amide bonds. The number of nitrogens with one attached hydrogen (secondary N) is 2. The van der Waals surface area contributed by atoms with E-state index >= 15 is 0 Å². The van der Waals surface area contributed by atoms with E-state index < -0.39 is 0 Å². The van der Waals surface area contributed by atoms with Crippen LogP contribution < -0.4 is 10.1 Å². The lowest BCUT2D eigenvalue weighted by Gasteiger charge is -2.24. The van der Waals surface area contributed by atoms with Crippen LogP contribution in [0.2, 0.25) is 0 Å². The molecule has 0 radical (unpaired) electrons. The Labute approximate surface area is 141 Å². The van der Waals surface area contributed by atoms with E-state index in [0.717, 1.165) is 52.3 Å². The molecule has 4 heterocycles. The van der Waals surface area contributed by atoms with Crippen molar-refractivity contribution >= 4 is 37.9 Å². The van der Waals surface area contributed by atoms with Crippen LogP contribution in [-0.2, 0) is 0 Å². The topological polar surface area (TPSA) is 86.6 Å². The zero-order chi connectivity index (χ0) is 15.8. The number of aromatic nitrogens is 3. The van der Waals surface area contributed by atoms with Crippen LogP contribution in [0.15, 0.2) is 22.9 Å². The van der Waals surface area contributed by atoms with Gasteiger partial charge in [-0.05, 0) is 47.9 Å². The molecule has 4 rings (SSSR count).